The Balaban J connectivity index is 0.000000108. The van der Waals surface area contributed by atoms with Crippen molar-refractivity contribution in [3.05, 3.63) is 564 Å². The summed E-state index contributed by atoms with van der Waals surface area (Å²) in [5, 5.41) is 28.7. The van der Waals surface area contributed by atoms with Crippen molar-refractivity contribution in [1.82, 2.24) is 0 Å². The van der Waals surface area contributed by atoms with E-state index in [4.69, 9.17) is 13.3 Å². The second-order valence-corrected chi connectivity index (χ2v) is 38.7. The van der Waals surface area contributed by atoms with Crippen molar-refractivity contribution in [1.29, 1.82) is 0 Å². The van der Waals surface area contributed by atoms with Crippen LogP contribution in [0.1, 0.15) is 0 Å². The second kappa shape index (κ2) is 37.4. The lowest BCUT2D eigenvalue weighted by atomic mass is 9.93. The largest absolute Gasteiger partial charge is 0.455 e. The van der Waals surface area contributed by atoms with Gasteiger partial charge in [-0.25, -0.2) is 0 Å². The molecule has 30 aromatic rings. The van der Waals surface area contributed by atoms with Crippen molar-refractivity contribution in [2.45, 2.75) is 0 Å². The van der Waals surface area contributed by atoms with Gasteiger partial charge in [0, 0.05) is 98.6 Å². The molecule has 3 heterocycles. The topological polar surface area (TPSA) is 49.1 Å². The standard InChI is InChI=1S/3C48H31NO/c1-2-13-32(14-3-1)37-17-8-10-22-45(37)49(46-23-12-21-42-40(46)29-30-43-41-20-9-11-24-47(41)50-48(42)43)35-27-25-33(26-28-35)44-31-34-15-4-5-16-36(34)38-18-6-7-19-39(38)44;1-2-10-32(11-3-1)35-13-8-14-39(31-35)49(46-18-9-17-44-42(46)28-29-45-43-16-6-7-19-47(43)50-48(44)45)38-25-22-33(23-26-38)36-24-27-41-37(30-36)21-20-34-12-4-5-15-40(34)41;1-2-11-32(12-3-1)33-21-25-36(26-22-33)49(46-19-10-18-43-41(46)29-30-44-42-17-8-9-20-47(42)50-48(43)44)37-27-23-34(24-28-37)45-31-35-13-4-5-14-38(35)39-15-6-7-16-40(39)45/h3*1-31H. The van der Waals surface area contributed by atoms with Crippen LogP contribution in [-0.2, 0) is 0 Å². The first-order chi connectivity index (χ1) is 74.4. The van der Waals surface area contributed by atoms with Gasteiger partial charge >= 0.3 is 0 Å². The molecule has 6 heteroatoms. The van der Waals surface area contributed by atoms with Gasteiger partial charge in [-0.2, -0.15) is 0 Å². The fourth-order valence-electron chi connectivity index (χ4n) is 23.0. The van der Waals surface area contributed by atoms with Crippen LogP contribution in [0.4, 0.5) is 51.2 Å². The summed E-state index contributed by atoms with van der Waals surface area (Å²) in [6, 6.07) is 202. The minimum atomic E-state index is 0.906. The van der Waals surface area contributed by atoms with Crippen LogP contribution in [0.25, 0.3) is 230 Å². The number of hydrogen-bond acceptors (Lipinski definition) is 6. The first-order valence-electron chi connectivity index (χ1n) is 51.3. The zero-order chi connectivity index (χ0) is 99.1. The summed E-state index contributed by atoms with van der Waals surface area (Å²) in [6.45, 7) is 0. The second-order valence-electron chi connectivity index (χ2n) is 38.7. The minimum Gasteiger partial charge on any atom is -0.455 e. The van der Waals surface area contributed by atoms with E-state index in [2.05, 4.69) is 542 Å². The molecule has 0 aliphatic rings. The molecule has 0 atom stereocenters. The highest BCUT2D eigenvalue weighted by Crippen LogP contribution is 2.52. The number of benzene rings is 27. The maximum Gasteiger partial charge on any atom is 0.143 e. The van der Waals surface area contributed by atoms with E-state index in [0.29, 0.717) is 0 Å². The van der Waals surface area contributed by atoms with E-state index in [1.165, 1.54) is 131 Å². The fraction of sp³-hybridized carbons (Fsp3) is 0. The molecule has 30 rings (SSSR count). The van der Waals surface area contributed by atoms with E-state index < -0.39 is 0 Å². The van der Waals surface area contributed by atoms with Gasteiger partial charge in [-0.1, -0.05) is 425 Å². The van der Waals surface area contributed by atoms with Gasteiger partial charge in [0.2, 0.25) is 0 Å². The first-order valence-corrected chi connectivity index (χ1v) is 51.3. The molecule has 0 aliphatic carbocycles. The van der Waals surface area contributed by atoms with Crippen LogP contribution in [0.15, 0.2) is 577 Å². The van der Waals surface area contributed by atoms with Gasteiger partial charge in [-0.05, 0) is 265 Å². The van der Waals surface area contributed by atoms with Crippen LogP contribution in [0.5, 0.6) is 0 Å². The predicted molar refractivity (Wildman–Crippen MR) is 635 cm³/mol. The van der Waals surface area contributed by atoms with Gasteiger partial charge in [0.1, 0.15) is 33.5 Å². The first kappa shape index (κ1) is 87.8. The Morgan fingerprint density at radius 2 is 0.373 bits per heavy atom. The molecule has 0 amide bonds. The summed E-state index contributed by atoms with van der Waals surface area (Å²) in [5.41, 5.74) is 29.7. The summed E-state index contributed by atoms with van der Waals surface area (Å²) >= 11 is 0. The highest BCUT2D eigenvalue weighted by molar-refractivity contribution is 6.23. The third-order valence-corrected chi connectivity index (χ3v) is 30.1. The molecule has 0 spiro atoms. The molecule has 0 aliphatic heterocycles. The van der Waals surface area contributed by atoms with E-state index in [1.54, 1.807) is 0 Å². The van der Waals surface area contributed by atoms with Crippen molar-refractivity contribution in [2.24, 2.45) is 0 Å². The van der Waals surface area contributed by atoms with Crippen molar-refractivity contribution in [2.75, 3.05) is 14.7 Å². The lowest BCUT2D eigenvalue weighted by molar-refractivity contribution is 0.672. The van der Waals surface area contributed by atoms with E-state index in [1.807, 2.05) is 36.4 Å². The van der Waals surface area contributed by atoms with Gasteiger partial charge in [0.15, 0.2) is 0 Å². The highest BCUT2D eigenvalue weighted by atomic mass is 16.3. The highest BCUT2D eigenvalue weighted by Gasteiger charge is 2.27. The summed E-state index contributed by atoms with van der Waals surface area (Å²) < 4.78 is 19.5. The minimum absolute atomic E-state index is 0.906. The summed E-state index contributed by atoms with van der Waals surface area (Å²) in [6.07, 6.45) is 0. The molecule has 702 valence electrons. The molecule has 0 bridgehead atoms. The van der Waals surface area contributed by atoms with Crippen LogP contribution in [0, 0.1) is 0 Å². The monoisotopic (exact) mass is 1910 g/mol. The Morgan fingerprint density at radius 3 is 0.840 bits per heavy atom. The number of nitrogens with zero attached hydrogens (tertiary/aromatic N) is 3. The van der Waals surface area contributed by atoms with Crippen LogP contribution in [-0.4, -0.2) is 0 Å². The molecule has 0 unspecified atom stereocenters. The average Bonchev–Trinajstić information content (AvgIpc) is 1.50. The van der Waals surface area contributed by atoms with Crippen LogP contribution < -0.4 is 14.7 Å². The normalized spacial score (nSPS) is 11.6. The van der Waals surface area contributed by atoms with Crippen molar-refractivity contribution < 1.29 is 13.3 Å². The van der Waals surface area contributed by atoms with Gasteiger partial charge in [-0.3, -0.25) is 0 Å². The summed E-state index contributed by atoms with van der Waals surface area (Å²) in [5.74, 6) is 0. The molecule has 0 saturated heterocycles. The van der Waals surface area contributed by atoms with Crippen LogP contribution in [0.2, 0.25) is 0 Å². The third-order valence-electron chi connectivity index (χ3n) is 30.1. The Kier molecular flexibility index (Phi) is 21.9. The zero-order valence-corrected chi connectivity index (χ0v) is 81.8. The van der Waals surface area contributed by atoms with Gasteiger partial charge in [-0.15, -0.1) is 0 Å². The van der Waals surface area contributed by atoms with Crippen molar-refractivity contribution >= 4 is 214 Å². The number of hydrogen-bond donors (Lipinski definition) is 0. The quantitative estimate of drug-likeness (QED) is 0.0954. The fourth-order valence-corrected chi connectivity index (χ4v) is 23.0. The Morgan fingerprint density at radius 1 is 0.113 bits per heavy atom. The Bertz CT molecular complexity index is 10500. The SMILES string of the molecule is c1ccc(-c2ccc(N(c3ccc(-c4cc5ccccc5c5ccccc45)cc3)c3cccc4c3ccc3c5ccccc5oc43)cc2)cc1.c1ccc(-c2cccc(N(c3ccc(-c4ccc5c(ccc6ccccc65)c4)cc3)c3cccc4c3ccc3c5ccccc5oc43)c2)cc1.c1ccc(-c2ccccc2N(c2ccc(-c3cc4ccccc4c4ccccc34)cc2)c2cccc3c2ccc2c4ccccc4oc32)cc1. The average molecular weight is 1910 g/mol. The molecule has 0 N–H and O–H groups in total. The maximum atomic E-state index is 6.52. The van der Waals surface area contributed by atoms with Crippen molar-refractivity contribution in [3.8, 4) is 66.8 Å². The molecule has 0 radical (unpaired) electrons. The van der Waals surface area contributed by atoms with Gasteiger partial charge in [0.05, 0.1) is 22.7 Å². The molecule has 3 aromatic heterocycles. The smallest absolute Gasteiger partial charge is 0.143 e. The van der Waals surface area contributed by atoms with E-state index in [-0.39, 0.29) is 0 Å². The molecule has 0 fully saturated rings. The maximum absolute atomic E-state index is 6.52. The van der Waals surface area contributed by atoms with Crippen molar-refractivity contribution in [3.63, 3.8) is 0 Å². The molecular weight excluding hydrogens is 1820 g/mol. The van der Waals surface area contributed by atoms with E-state index in [0.717, 1.165) is 149 Å². The summed E-state index contributed by atoms with van der Waals surface area (Å²) in [7, 11) is 0. The number of rotatable bonds is 15. The molecule has 27 aromatic carbocycles. The van der Waals surface area contributed by atoms with Crippen LogP contribution >= 0.6 is 0 Å². The molecular formula is C144H93N3O3. The van der Waals surface area contributed by atoms with E-state index in [9.17, 15) is 0 Å². The summed E-state index contributed by atoms with van der Waals surface area (Å²) in [4.78, 5) is 7.15. The van der Waals surface area contributed by atoms with Gasteiger partial charge < -0.3 is 28.0 Å². The molecule has 6 nitrogen and oxygen atoms in total. The third kappa shape index (κ3) is 15.6. The number of para-hydroxylation sites is 4. The lowest BCUT2D eigenvalue weighted by Gasteiger charge is -2.29. The van der Waals surface area contributed by atoms with E-state index >= 15 is 0 Å². The number of anilines is 9. The zero-order valence-electron chi connectivity index (χ0n) is 81.8. The Hall–Kier alpha value is -19.9. The predicted octanol–water partition coefficient (Wildman–Crippen LogP) is 41.5. The Labute approximate surface area is 866 Å². The number of fused-ring (bicyclic) bond motifs is 24. The van der Waals surface area contributed by atoms with Gasteiger partial charge in [0.25, 0.3) is 0 Å². The molecule has 150 heavy (non-hydrogen) atoms. The lowest BCUT2D eigenvalue weighted by Crippen LogP contribution is -2.11. The molecule has 0 saturated carbocycles. The number of furan rings is 3. The van der Waals surface area contributed by atoms with Crippen LogP contribution in [0.3, 0.4) is 0 Å².